The summed E-state index contributed by atoms with van der Waals surface area (Å²) in [5, 5.41) is 17.4. The molecule has 0 aliphatic rings. The van der Waals surface area contributed by atoms with Crippen LogP contribution in [-0.2, 0) is 6.42 Å². The number of aromatic nitrogens is 1. The molecule has 6 nitrogen and oxygen atoms in total. The van der Waals surface area contributed by atoms with Crippen molar-refractivity contribution in [1.29, 1.82) is 0 Å². The summed E-state index contributed by atoms with van der Waals surface area (Å²) in [4.78, 5) is 16.4. The Morgan fingerprint density at radius 1 is 1.14 bits per heavy atom. The number of carbonyl (C=O) groups excluding carboxylic acids is 1. The van der Waals surface area contributed by atoms with Crippen molar-refractivity contribution >= 4 is 28.1 Å². The van der Waals surface area contributed by atoms with Crippen LogP contribution in [0.4, 0.5) is 10.8 Å². The van der Waals surface area contributed by atoms with Crippen molar-refractivity contribution in [3.8, 4) is 0 Å². The molecule has 1 aromatic heterocycles. The van der Waals surface area contributed by atoms with Gasteiger partial charge in [0.05, 0.1) is 12.3 Å². The first-order valence-corrected chi connectivity index (χ1v) is 10.0. The number of nitrogens with one attached hydrogen (secondary N) is 2. The molecule has 0 aliphatic heterocycles. The van der Waals surface area contributed by atoms with Crippen LogP contribution in [-0.4, -0.2) is 29.1 Å². The number of hydrogen-bond donors (Lipinski definition) is 4. The lowest BCUT2D eigenvalue weighted by atomic mass is 10.0. The lowest BCUT2D eigenvalue weighted by Gasteiger charge is -2.09. The van der Waals surface area contributed by atoms with Crippen molar-refractivity contribution in [3.63, 3.8) is 0 Å². The summed E-state index contributed by atoms with van der Waals surface area (Å²) < 4.78 is 0. The highest BCUT2D eigenvalue weighted by Gasteiger charge is 2.11. The normalized spacial score (nSPS) is 11.8. The first-order valence-electron chi connectivity index (χ1n) is 9.17. The molecule has 1 amide bonds. The summed E-state index contributed by atoms with van der Waals surface area (Å²) in [6.45, 7) is 0.163. The molecular weight excluding hydrogens is 372 g/mol. The Morgan fingerprint density at radius 3 is 2.61 bits per heavy atom. The summed E-state index contributed by atoms with van der Waals surface area (Å²) in [7, 11) is 0. The predicted octanol–water partition coefficient (Wildman–Crippen LogP) is 3.24. The first-order chi connectivity index (χ1) is 13.7. The van der Waals surface area contributed by atoms with E-state index in [-0.39, 0.29) is 25.1 Å². The molecule has 146 valence electrons. The number of aryl methyl sites for hydroxylation is 1. The predicted molar refractivity (Wildman–Crippen MR) is 113 cm³/mol. The number of amides is 1. The molecule has 0 saturated heterocycles. The van der Waals surface area contributed by atoms with E-state index in [1.54, 1.807) is 12.1 Å². The highest BCUT2D eigenvalue weighted by molar-refractivity contribution is 7.13. The number of anilines is 2. The van der Waals surface area contributed by atoms with Crippen molar-refractivity contribution < 1.29 is 9.90 Å². The highest BCUT2D eigenvalue weighted by atomic mass is 32.1. The summed E-state index contributed by atoms with van der Waals surface area (Å²) in [5.74, 6) is -0.207. The number of aliphatic hydroxyl groups is 1. The maximum atomic E-state index is 11.8. The van der Waals surface area contributed by atoms with Crippen LogP contribution in [0.3, 0.4) is 0 Å². The van der Waals surface area contributed by atoms with Crippen molar-refractivity contribution in [2.45, 2.75) is 18.9 Å². The topological polar surface area (TPSA) is 100 Å². The number of nitrogens with two attached hydrogens (primary N) is 1. The summed E-state index contributed by atoms with van der Waals surface area (Å²) >= 11 is 1.51. The van der Waals surface area contributed by atoms with Gasteiger partial charge in [-0.15, -0.1) is 11.3 Å². The lowest BCUT2D eigenvalue weighted by molar-refractivity contribution is 0.0945. The van der Waals surface area contributed by atoms with E-state index < -0.39 is 0 Å². The second kappa shape index (κ2) is 9.98. The van der Waals surface area contributed by atoms with Gasteiger partial charge in [-0.1, -0.05) is 30.3 Å². The van der Waals surface area contributed by atoms with Crippen molar-refractivity contribution in [2.24, 2.45) is 5.73 Å². The fourth-order valence-corrected chi connectivity index (χ4v) is 3.52. The van der Waals surface area contributed by atoms with E-state index in [0.717, 1.165) is 29.4 Å². The molecule has 0 radical (unpaired) electrons. The summed E-state index contributed by atoms with van der Waals surface area (Å²) in [6.07, 6.45) is 1.76. The van der Waals surface area contributed by atoms with Gasteiger partial charge in [0.2, 0.25) is 0 Å². The van der Waals surface area contributed by atoms with Gasteiger partial charge >= 0.3 is 0 Å². The fraction of sp³-hybridized carbons (Fsp3) is 0.238. The van der Waals surface area contributed by atoms with Gasteiger partial charge in [-0.25, -0.2) is 4.98 Å². The average molecular weight is 397 g/mol. The number of rotatable bonds is 9. The largest absolute Gasteiger partial charge is 0.395 e. The molecule has 28 heavy (non-hydrogen) atoms. The highest BCUT2D eigenvalue weighted by Crippen LogP contribution is 2.25. The molecule has 5 N–H and O–H groups in total. The van der Waals surface area contributed by atoms with Gasteiger partial charge in [-0.3, -0.25) is 4.79 Å². The standard InChI is InChI=1S/C21H24N4O2S/c22-18(11-6-15-4-2-1-3-5-15)19-14-28-21(25-19)24-17-9-7-16(8-10-17)20(27)23-12-13-26/h1-5,7-10,14,18,26H,6,11-13,22H2,(H,23,27)(H,24,25). The van der Waals surface area contributed by atoms with Crippen LogP contribution in [0, 0.1) is 0 Å². The smallest absolute Gasteiger partial charge is 0.251 e. The van der Waals surface area contributed by atoms with Crippen molar-refractivity contribution in [1.82, 2.24) is 10.3 Å². The minimum Gasteiger partial charge on any atom is -0.395 e. The Morgan fingerprint density at radius 2 is 1.89 bits per heavy atom. The number of carbonyl (C=O) groups is 1. The van der Waals surface area contributed by atoms with Crippen LogP contribution >= 0.6 is 11.3 Å². The zero-order valence-electron chi connectivity index (χ0n) is 15.5. The fourth-order valence-electron chi connectivity index (χ4n) is 2.73. The van der Waals surface area contributed by atoms with E-state index in [2.05, 4.69) is 27.8 Å². The molecule has 7 heteroatoms. The van der Waals surface area contributed by atoms with Gasteiger partial charge in [0.25, 0.3) is 5.91 Å². The molecule has 1 atom stereocenters. The lowest BCUT2D eigenvalue weighted by Crippen LogP contribution is -2.26. The Kier molecular flexibility index (Phi) is 7.13. The Labute approximate surface area is 168 Å². The monoisotopic (exact) mass is 396 g/mol. The Bertz CT molecular complexity index is 881. The molecular formula is C21H24N4O2S. The zero-order valence-corrected chi connectivity index (χ0v) is 16.3. The number of benzene rings is 2. The van der Waals surface area contributed by atoms with Crippen LogP contribution in [0.25, 0.3) is 0 Å². The molecule has 1 heterocycles. The van der Waals surface area contributed by atoms with Gasteiger partial charge in [-0.2, -0.15) is 0 Å². The molecule has 3 rings (SSSR count). The molecule has 0 spiro atoms. The molecule has 0 aliphatic carbocycles. The number of hydrogen-bond acceptors (Lipinski definition) is 6. The first kappa shape index (κ1) is 20.0. The van der Waals surface area contributed by atoms with Crippen molar-refractivity contribution in [3.05, 3.63) is 76.8 Å². The van der Waals surface area contributed by atoms with Crippen molar-refractivity contribution in [2.75, 3.05) is 18.5 Å². The Balaban J connectivity index is 1.54. The Hall–Kier alpha value is -2.74. The van der Waals surface area contributed by atoms with E-state index in [1.165, 1.54) is 16.9 Å². The molecule has 1 unspecified atom stereocenters. The van der Waals surface area contributed by atoms with E-state index in [1.807, 2.05) is 35.7 Å². The number of aliphatic hydroxyl groups excluding tert-OH is 1. The molecule has 0 saturated carbocycles. The van der Waals surface area contributed by atoms with Gasteiger partial charge < -0.3 is 21.5 Å². The van der Waals surface area contributed by atoms with E-state index in [0.29, 0.717) is 5.56 Å². The zero-order chi connectivity index (χ0) is 19.8. The molecule has 2 aromatic carbocycles. The third-order valence-corrected chi connectivity index (χ3v) is 5.06. The van der Waals surface area contributed by atoms with E-state index in [4.69, 9.17) is 10.8 Å². The quantitative estimate of drug-likeness (QED) is 0.445. The number of nitrogens with zero attached hydrogens (tertiary/aromatic N) is 1. The SMILES string of the molecule is NC(CCc1ccccc1)c1csc(Nc2ccc(C(=O)NCCO)cc2)n1. The van der Waals surface area contributed by atoms with Crippen LogP contribution in [0.5, 0.6) is 0 Å². The molecule has 3 aromatic rings. The summed E-state index contributed by atoms with van der Waals surface area (Å²) in [6, 6.07) is 17.3. The maximum absolute atomic E-state index is 11.8. The third-order valence-electron chi connectivity index (χ3n) is 4.28. The van der Waals surface area contributed by atoms with E-state index >= 15 is 0 Å². The van der Waals surface area contributed by atoms with Gasteiger partial charge in [0.15, 0.2) is 5.13 Å². The van der Waals surface area contributed by atoms with Gasteiger partial charge in [0.1, 0.15) is 0 Å². The van der Waals surface area contributed by atoms with Crippen LogP contribution in [0.1, 0.15) is 34.1 Å². The van der Waals surface area contributed by atoms with Gasteiger partial charge in [0, 0.05) is 29.2 Å². The average Bonchev–Trinajstić information content (AvgIpc) is 3.20. The maximum Gasteiger partial charge on any atom is 0.251 e. The molecule has 0 fully saturated rings. The second-order valence-corrected chi connectivity index (χ2v) is 7.25. The second-order valence-electron chi connectivity index (χ2n) is 6.39. The van der Waals surface area contributed by atoms with Gasteiger partial charge in [-0.05, 0) is 42.7 Å². The minimum absolute atomic E-state index is 0.0781. The van der Waals surface area contributed by atoms with Crippen LogP contribution in [0.2, 0.25) is 0 Å². The third kappa shape index (κ3) is 5.63. The number of thiazole rings is 1. The minimum atomic E-state index is -0.207. The van der Waals surface area contributed by atoms with E-state index in [9.17, 15) is 4.79 Å². The summed E-state index contributed by atoms with van der Waals surface area (Å²) in [5.41, 5.74) is 9.84. The molecule has 0 bridgehead atoms. The van der Waals surface area contributed by atoms with Crippen LogP contribution in [0.15, 0.2) is 60.0 Å². The van der Waals surface area contributed by atoms with Crippen LogP contribution < -0.4 is 16.4 Å².